The van der Waals surface area contributed by atoms with E-state index in [1.165, 1.54) is 5.56 Å². The van der Waals surface area contributed by atoms with Gasteiger partial charge in [0.05, 0.1) is 0 Å². The van der Waals surface area contributed by atoms with Crippen LogP contribution in [0.15, 0.2) is 24.3 Å². The zero-order chi connectivity index (χ0) is 21.1. The van der Waals surface area contributed by atoms with Gasteiger partial charge in [-0.15, -0.1) is 0 Å². The van der Waals surface area contributed by atoms with Crippen molar-refractivity contribution in [3.63, 3.8) is 0 Å². The molecule has 0 bridgehead atoms. The van der Waals surface area contributed by atoms with E-state index in [4.69, 9.17) is 10.5 Å². The van der Waals surface area contributed by atoms with Crippen LogP contribution in [-0.2, 0) is 4.74 Å². The highest BCUT2D eigenvalue weighted by atomic mass is 16.6. The van der Waals surface area contributed by atoms with E-state index in [1.807, 2.05) is 32.6 Å². The molecule has 1 fully saturated rings. The quantitative estimate of drug-likeness (QED) is 0.808. The average molecular weight is 390 g/mol. The standard InChI is InChI=1S/C23H39N3O2/c1-17(24)18-8-10-19(11-9-18)20(16-22(2,3)4)25-12-14-26(15-13-25)21(27)28-23(5,6)7/h8-11,17,20H,12-16,24H2,1-7H3/t17-,20?/m0/s1. The minimum atomic E-state index is -0.454. The molecule has 2 rings (SSSR count). The predicted octanol–water partition coefficient (Wildman–Crippen LogP) is 4.74. The minimum Gasteiger partial charge on any atom is -0.444 e. The first-order valence-corrected chi connectivity index (χ1v) is 10.4. The topological polar surface area (TPSA) is 58.8 Å². The van der Waals surface area contributed by atoms with Crippen molar-refractivity contribution in [1.82, 2.24) is 9.80 Å². The number of benzene rings is 1. The van der Waals surface area contributed by atoms with Gasteiger partial charge < -0.3 is 15.4 Å². The molecule has 5 heteroatoms. The fourth-order valence-electron chi connectivity index (χ4n) is 3.60. The largest absolute Gasteiger partial charge is 0.444 e. The Morgan fingerprint density at radius 3 is 1.93 bits per heavy atom. The van der Waals surface area contributed by atoms with E-state index in [0.717, 1.165) is 25.1 Å². The van der Waals surface area contributed by atoms with Crippen molar-refractivity contribution in [2.45, 2.75) is 72.6 Å². The van der Waals surface area contributed by atoms with Crippen molar-refractivity contribution < 1.29 is 9.53 Å². The molecule has 0 spiro atoms. The molecule has 1 saturated heterocycles. The Morgan fingerprint density at radius 1 is 1.00 bits per heavy atom. The number of rotatable bonds is 4. The lowest BCUT2D eigenvalue weighted by Crippen LogP contribution is -2.51. The highest BCUT2D eigenvalue weighted by molar-refractivity contribution is 5.68. The van der Waals surface area contributed by atoms with Gasteiger partial charge in [-0.1, -0.05) is 45.0 Å². The Kier molecular flexibility index (Phi) is 7.16. The molecule has 0 radical (unpaired) electrons. The van der Waals surface area contributed by atoms with E-state index in [1.54, 1.807) is 0 Å². The van der Waals surface area contributed by atoms with Crippen LogP contribution in [0.3, 0.4) is 0 Å². The van der Waals surface area contributed by atoms with Crippen LogP contribution in [0.5, 0.6) is 0 Å². The lowest BCUT2D eigenvalue weighted by Gasteiger charge is -2.41. The minimum absolute atomic E-state index is 0.0486. The van der Waals surface area contributed by atoms with Crippen LogP contribution in [0.4, 0.5) is 4.79 Å². The normalized spacial score (nSPS) is 18.6. The Labute approximate surface area is 171 Å². The van der Waals surface area contributed by atoms with Gasteiger partial charge in [0.25, 0.3) is 0 Å². The fraction of sp³-hybridized carbons (Fsp3) is 0.696. The van der Waals surface area contributed by atoms with Crippen molar-refractivity contribution in [3.8, 4) is 0 Å². The third-order valence-corrected chi connectivity index (χ3v) is 5.06. The molecule has 0 aromatic heterocycles. The Bertz CT molecular complexity index is 633. The molecule has 1 amide bonds. The van der Waals surface area contributed by atoms with Crippen molar-refractivity contribution in [2.75, 3.05) is 26.2 Å². The first-order chi connectivity index (χ1) is 12.9. The van der Waals surface area contributed by atoms with Gasteiger partial charge in [0.15, 0.2) is 0 Å². The molecule has 1 aromatic carbocycles. The SMILES string of the molecule is C[C@H](N)c1ccc(C(CC(C)(C)C)N2CCN(C(=O)OC(C)(C)C)CC2)cc1. The molecular weight excluding hydrogens is 350 g/mol. The Morgan fingerprint density at radius 2 is 1.50 bits per heavy atom. The first kappa shape index (κ1) is 22.7. The van der Waals surface area contributed by atoms with Gasteiger partial charge in [0.1, 0.15) is 5.60 Å². The van der Waals surface area contributed by atoms with E-state index >= 15 is 0 Å². The van der Waals surface area contributed by atoms with Crippen LogP contribution in [0.2, 0.25) is 0 Å². The molecule has 1 aliphatic rings. The first-order valence-electron chi connectivity index (χ1n) is 10.4. The van der Waals surface area contributed by atoms with Gasteiger partial charge in [-0.05, 0) is 50.7 Å². The second-order valence-corrected chi connectivity index (χ2v) is 10.2. The molecule has 1 heterocycles. The second kappa shape index (κ2) is 8.83. The summed E-state index contributed by atoms with van der Waals surface area (Å²) in [5, 5.41) is 0. The van der Waals surface area contributed by atoms with Crippen molar-refractivity contribution >= 4 is 6.09 Å². The lowest BCUT2D eigenvalue weighted by atomic mass is 9.84. The molecule has 5 nitrogen and oxygen atoms in total. The van der Waals surface area contributed by atoms with E-state index < -0.39 is 5.60 Å². The van der Waals surface area contributed by atoms with Gasteiger partial charge in [-0.25, -0.2) is 4.79 Å². The fourth-order valence-corrected chi connectivity index (χ4v) is 3.60. The van der Waals surface area contributed by atoms with Crippen LogP contribution in [0, 0.1) is 5.41 Å². The molecular formula is C23H39N3O2. The monoisotopic (exact) mass is 389 g/mol. The number of hydrogen-bond donors (Lipinski definition) is 1. The Hall–Kier alpha value is -1.59. The highest BCUT2D eigenvalue weighted by Crippen LogP contribution is 2.35. The maximum Gasteiger partial charge on any atom is 0.410 e. The van der Waals surface area contributed by atoms with Crippen molar-refractivity contribution in [2.24, 2.45) is 11.1 Å². The summed E-state index contributed by atoms with van der Waals surface area (Å²) in [6.07, 6.45) is 0.859. The third kappa shape index (κ3) is 6.78. The number of ether oxygens (including phenoxy) is 1. The summed E-state index contributed by atoms with van der Waals surface area (Å²) in [5.74, 6) is 0. The summed E-state index contributed by atoms with van der Waals surface area (Å²) in [4.78, 5) is 16.7. The maximum absolute atomic E-state index is 12.4. The summed E-state index contributed by atoms with van der Waals surface area (Å²) in [7, 11) is 0. The van der Waals surface area contributed by atoms with Crippen molar-refractivity contribution in [1.29, 1.82) is 0 Å². The molecule has 1 unspecified atom stereocenters. The molecule has 2 atom stereocenters. The molecule has 28 heavy (non-hydrogen) atoms. The maximum atomic E-state index is 12.4. The summed E-state index contributed by atoms with van der Waals surface area (Å²) >= 11 is 0. The average Bonchev–Trinajstić information content (AvgIpc) is 2.58. The van der Waals surface area contributed by atoms with E-state index in [-0.39, 0.29) is 17.6 Å². The molecule has 2 N–H and O–H groups in total. The van der Waals surface area contributed by atoms with E-state index in [2.05, 4.69) is 49.9 Å². The smallest absolute Gasteiger partial charge is 0.410 e. The van der Waals surface area contributed by atoms with Gasteiger partial charge in [-0.2, -0.15) is 0 Å². The van der Waals surface area contributed by atoms with Crippen LogP contribution < -0.4 is 5.73 Å². The third-order valence-electron chi connectivity index (χ3n) is 5.06. The van der Waals surface area contributed by atoms with Crippen LogP contribution >= 0.6 is 0 Å². The number of nitrogens with zero attached hydrogens (tertiary/aromatic N) is 2. The van der Waals surface area contributed by atoms with Gasteiger partial charge in [-0.3, -0.25) is 4.90 Å². The van der Waals surface area contributed by atoms with Gasteiger partial charge in [0, 0.05) is 38.3 Å². The molecule has 1 aromatic rings. The van der Waals surface area contributed by atoms with Crippen LogP contribution in [0.25, 0.3) is 0 Å². The number of carbonyl (C=O) groups excluding carboxylic acids is 1. The van der Waals surface area contributed by atoms with Crippen molar-refractivity contribution in [3.05, 3.63) is 35.4 Å². The molecule has 0 aliphatic carbocycles. The van der Waals surface area contributed by atoms with E-state index in [0.29, 0.717) is 19.1 Å². The number of amides is 1. The number of piperazine rings is 1. The zero-order valence-electron chi connectivity index (χ0n) is 18.8. The number of hydrogen-bond acceptors (Lipinski definition) is 4. The van der Waals surface area contributed by atoms with E-state index in [9.17, 15) is 4.79 Å². The summed E-state index contributed by atoms with van der Waals surface area (Å²) in [6, 6.07) is 9.11. The summed E-state index contributed by atoms with van der Waals surface area (Å²) in [6.45, 7) is 17.7. The summed E-state index contributed by atoms with van der Waals surface area (Å²) < 4.78 is 5.53. The molecule has 1 aliphatic heterocycles. The number of carbonyl (C=O) groups is 1. The molecule has 158 valence electrons. The zero-order valence-corrected chi connectivity index (χ0v) is 18.8. The summed E-state index contributed by atoms with van der Waals surface area (Å²) in [5.41, 5.74) is 8.26. The van der Waals surface area contributed by atoms with Crippen LogP contribution in [0.1, 0.15) is 78.1 Å². The Balaban J connectivity index is 2.10. The number of nitrogens with two attached hydrogens (primary N) is 1. The van der Waals surface area contributed by atoms with Crippen LogP contribution in [-0.4, -0.2) is 47.7 Å². The lowest BCUT2D eigenvalue weighted by molar-refractivity contribution is 0.00776. The van der Waals surface area contributed by atoms with Gasteiger partial charge in [0.2, 0.25) is 0 Å². The predicted molar refractivity (Wildman–Crippen MR) is 115 cm³/mol. The molecule has 0 saturated carbocycles. The highest BCUT2D eigenvalue weighted by Gasteiger charge is 2.31. The van der Waals surface area contributed by atoms with Gasteiger partial charge >= 0.3 is 6.09 Å². The second-order valence-electron chi connectivity index (χ2n) is 10.2.